The van der Waals surface area contributed by atoms with Crippen molar-refractivity contribution in [2.75, 3.05) is 42.9 Å². The number of anilines is 2. The Bertz CT molecular complexity index is 1190. The van der Waals surface area contributed by atoms with Crippen molar-refractivity contribution in [1.82, 2.24) is 20.5 Å². The van der Waals surface area contributed by atoms with Gasteiger partial charge in [0.1, 0.15) is 0 Å². The monoisotopic (exact) mass is 536 g/mol. The first-order valence-electron chi connectivity index (χ1n) is 13.5. The lowest BCUT2D eigenvalue weighted by molar-refractivity contribution is -0.137. The average Bonchev–Trinajstić information content (AvgIpc) is 3.79. The van der Waals surface area contributed by atoms with Crippen molar-refractivity contribution in [2.24, 2.45) is 5.92 Å². The number of benzene rings is 1. The van der Waals surface area contributed by atoms with Crippen LogP contribution in [-0.4, -0.2) is 71.5 Å². The molecule has 0 radical (unpaired) electrons. The summed E-state index contributed by atoms with van der Waals surface area (Å²) in [4.78, 5) is 58.0. The second kappa shape index (κ2) is 13.1. The van der Waals surface area contributed by atoms with E-state index < -0.39 is 17.9 Å². The maximum Gasteiger partial charge on any atom is 0.319 e. The Morgan fingerprint density at radius 1 is 1.10 bits per heavy atom. The van der Waals surface area contributed by atoms with E-state index in [9.17, 15) is 24.3 Å². The van der Waals surface area contributed by atoms with Gasteiger partial charge in [-0.3, -0.25) is 19.4 Å². The van der Waals surface area contributed by atoms with Gasteiger partial charge in [0.25, 0.3) is 5.91 Å². The number of carboxylic acid groups (broad SMARTS) is 1. The molecule has 1 unspecified atom stereocenters. The van der Waals surface area contributed by atoms with Gasteiger partial charge < -0.3 is 30.9 Å². The third-order valence-electron chi connectivity index (χ3n) is 6.89. The molecule has 1 aromatic heterocycles. The summed E-state index contributed by atoms with van der Waals surface area (Å²) < 4.78 is 0. The highest BCUT2D eigenvalue weighted by Crippen LogP contribution is 2.32. The minimum Gasteiger partial charge on any atom is -0.481 e. The van der Waals surface area contributed by atoms with Gasteiger partial charge in [0.05, 0.1) is 23.8 Å². The number of aliphatic carboxylic acids is 1. The second-order valence-electron chi connectivity index (χ2n) is 9.96. The summed E-state index contributed by atoms with van der Waals surface area (Å²) >= 11 is 0. The molecule has 39 heavy (non-hydrogen) atoms. The molecule has 1 saturated carbocycles. The zero-order valence-electron chi connectivity index (χ0n) is 22.2. The summed E-state index contributed by atoms with van der Waals surface area (Å²) in [6.45, 7) is 5.07. The molecule has 4 rings (SSSR count). The molecule has 1 aliphatic heterocycles. The fraction of sp³-hybridized carbons (Fsp3) is 0.464. The number of hydrogen-bond acceptors (Lipinski definition) is 6. The van der Waals surface area contributed by atoms with Crippen LogP contribution in [0, 0.1) is 5.92 Å². The van der Waals surface area contributed by atoms with Crippen LogP contribution in [0.1, 0.15) is 61.0 Å². The SMILES string of the molecule is CCCNC(=O)Nc1cc(C(=O)NC(CC(=O)O)c2cccnc2)ccc1N1CCCN(C(=O)C2CC2)CC1. The van der Waals surface area contributed by atoms with Crippen LogP contribution in [0.25, 0.3) is 0 Å². The molecule has 1 atom stereocenters. The van der Waals surface area contributed by atoms with E-state index in [1.54, 1.807) is 36.5 Å². The topological polar surface area (TPSA) is 144 Å². The summed E-state index contributed by atoms with van der Waals surface area (Å²) in [6.07, 6.45) is 6.31. The molecule has 1 saturated heterocycles. The van der Waals surface area contributed by atoms with Crippen LogP contribution >= 0.6 is 0 Å². The lowest BCUT2D eigenvalue weighted by Crippen LogP contribution is -2.36. The van der Waals surface area contributed by atoms with E-state index >= 15 is 0 Å². The Kier molecular flexibility index (Phi) is 9.35. The number of urea groups is 1. The largest absolute Gasteiger partial charge is 0.481 e. The molecule has 2 heterocycles. The smallest absolute Gasteiger partial charge is 0.319 e. The van der Waals surface area contributed by atoms with E-state index in [0.717, 1.165) is 31.4 Å². The fourth-order valence-electron chi connectivity index (χ4n) is 4.68. The number of pyridine rings is 1. The number of carboxylic acids is 1. The van der Waals surface area contributed by atoms with Crippen molar-refractivity contribution in [3.05, 3.63) is 53.9 Å². The van der Waals surface area contributed by atoms with Crippen LogP contribution < -0.4 is 20.9 Å². The van der Waals surface area contributed by atoms with Gasteiger partial charge in [-0.05, 0) is 55.5 Å². The summed E-state index contributed by atoms with van der Waals surface area (Å²) in [7, 11) is 0. The molecule has 4 amide bonds. The predicted molar refractivity (Wildman–Crippen MR) is 147 cm³/mol. The Labute approximate surface area is 228 Å². The van der Waals surface area contributed by atoms with Crippen molar-refractivity contribution in [2.45, 2.75) is 45.1 Å². The van der Waals surface area contributed by atoms with Gasteiger partial charge in [-0.15, -0.1) is 0 Å². The molecule has 208 valence electrons. The van der Waals surface area contributed by atoms with Crippen molar-refractivity contribution < 1.29 is 24.3 Å². The van der Waals surface area contributed by atoms with Crippen molar-refractivity contribution >= 4 is 35.2 Å². The number of carbonyl (C=O) groups is 4. The third kappa shape index (κ3) is 7.68. The van der Waals surface area contributed by atoms with Gasteiger partial charge >= 0.3 is 12.0 Å². The number of nitrogens with one attached hydrogen (secondary N) is 3. The van der Waals surface area contributed by atoms with Crippen LogP contribution in [0.15, 0.2) is 42.7 Å². The number of rotatable bonds is 10. The molecule has 2 fully saturated rings. The summed E-state index contributed by atoms with van der Waals surface area (Å²) in [5.74, 6) is -1.12. The maximum atomic E-state index is 13.2. The van der Waals surface area contributed by atoms with Crippen molar-refractivity contribution in [3.8, 4) is 0 Å². The molecular weight excluding hydrogens is 500 g/mol. The first-order chi connectivity index (χ1) is 18.9. The van der Waals surface area contributed by atoms with Crippen LogP contribution in [0.5, 0.6) is 0 Å². The van der Waals surface area contributed by atoms with Gasteiger partial charge in [0, 0.05) is 56.6 Å². The lowest BCUT2D eigenvalue weighted by Gasteiger charge is -2.27. The van der Waals surface area contributed by atoms with Crippen LogP contribution in [0.2, 0.25) is 0 Å². The predicted octanol–water partition coefficient (Wildman–Crippen LogP) is 3.01. The average molecular weight is 537 g/mol. The molecule has 0 spiro atoms. The Morgan fingerprint density at radius 3 is 2.62 bits per heavy atom. The van der Waals surface area contributed by atoms with Gasteiger partial charge in [-0.25, -0.2) is 4.79 Å². The lowest BCUT2D eigenvalue weighted by atomic mass is 10.0. The quantitative estimate of drug-likeness (QED) is 0.365. The van der Waals surface area contributed by atoms with Gasteiger partial charge in [0.2, 0.25) is 5.91 Å². The van der Waals surface area contributed by atoms with E-state index in [1.807, 2.05) is 11.8 Å². The van der Waals surface area contributed by atoms with Gasteiger partial charge in [-0.2, -0.15) is 0 Å². The fourth-order valence-corrected chi connectivity index (χ4v) is 4.68. The minimum absolute atomic E-state index is 0.172. The molecule has 2 aromatic rings. The maximum absolute atomic E-state index is 13.2. The highest BCUT2D eigenvalue weighted by atomic mass is 16.4. The van der Waals surface area contributed by atoms with Crippen molar-refractivity contribution in [3.63, 3.8) is 0 Å². The number of aromatic nitrogens is 1. The zero-order valence-corrected chi connectivity index (χ0v) is 22.2. The highest BCUT2D eigenvalue weighted by Gasteiger charge is 2.34. The third-order valence-corrected chi connectivity index (χ3v) is 6.89. The Balaban J connectivity index is 1.55. The van der Waals surface area contributed by atoms with Gasteiger partial charge in [-0.1, -0.05) is 13.0 Å². The minimum atomic E-state index is -1.05. The highest BCUT2D eigenvalue weighted by molar-refractivity contribution is 6.00. The number of carbonyl (C=O) groups excluding carboxylic acids is 3. The van der Waals surface area contributed by atoms with Crippen LogP contribution in [-0.2, 0) is 9.59 Å². The molecule has 1 aliphatic carbocycles. The number of hydrogen-bond donors (Lipinski definition) is 4. The van der Waals surface area contributed by atoms with E-state index in [2.05, 4.69) is 25.8 Å². The number of nitrogens with zero attached hydrogens (tertiary/aromatic N) is 3. The first kappa shape index (κ1) is 27.9. The standard InChI is InChI=1S/C28H36N6O5/c1-2-10-30-28(39)32-23-16-20(26(37)31-22(17-25(35)36)21-5-3-11-29-18-21)8-9-24(23)33-12-4-13-34(15-14-33)27(38)19-6-7-19/h3,5,8-9,11,16,18-19,22H,2,4,6-7,10,12-15,17H2,1H3,(H,31,37)(H,35,36)(H2,30,32,39). The molecule has 2 aliphatic rings. The Hall–Kier alpha value is -4.15. The number of amides is 4. The van der Waals surface area contributed by atoms with E-state index in [1.165, 1.54) is 6.20 Å². The molecular formula is C28H36N6O5. The van der Waals surface area contributed by atoms with E-state index in [-0.39, 0.29) is 29.8 Å². The van der Waals surface area contributed by atoms with Crippen LogP contribution in [0.4, 0.5) is 16.2 Å². The van der Waals surface area contributed by atoms with Gasteiger partial charge in [0.15, 0.2) is 0 Å². The van der Waals surface area contributed by atoms with Crippen molar-refractivity contribution in [1.29, 1.82) is 0 Å². The summed E-state index contributed by atoms with van der Waals surface area (Å²) in [5.41, 5.74) is 2.09. The normalized spacial score (nSPS) is 16.1. The Morgan fingerprint density at radius 2 is 1.92 bits per heavy atom. The molecule has 1 aromatic carbocycles. The second-order valence-corrected chi connectivity index (χ2v) is 9.96. The summed E-state index contributed by atoms with van der Waals surface area (Å²) in [5, 5.41) is 17.8. The van der Waals surface area contributed by atoms with Crippen LogP contribution in [0.3, 0.4) is 0 Å². The summed E-state index contributed by atoms with van der Waals surface area (Å²) in [6, 6.07) is 7.31. The molecule has 11 heteroatoms. The van der Waals surface area contributed by atoms with E-state index in [0.29, 0.717) is 44.0 Å². The zero-order chi connectivity index (χ0) is 27.8. The van der Waals surface area contributed by atoms with E-state index in [4.69, 9.17) is 0 Å². The molecule has 0 bridgehead atoms. The first-order valence-corrected chi connectivity index (χ1v) is 13.5. The molecule has 11 nitrogen and oxygen atoms in total. The molecule has 4 N–H and O–H groups in total.